The van der Waals surface area contributed by atoms with Gasteiger partial charge in [-0.3, -0.25) is 0 Å². The van der Waals surface area contributed by atoms with Crippen LogP contribution in [0.4, 0.5) is 11.4 Å². The number of anilines is 2. The average molecular weight is 639 g/mol. The van der Waals surface area contributed by atoms with Gasteiger partial charge in [0.05, 0.1) is 16.8 Å². The van der Waals surface area contributed by atoms with E-state index in [2.05, 4.69) is 120 Å². The van der Waals surface area contributed by atoms with Crippen LogP contribution in [-0.2, 0) is 5.41 Å². The minimum Gasteiger partial charge on any atom is -0.306 e. The number of fused-ring (bicyclic) bond motifs is 9. The van der Waals surface area contributed by atoms with E-state index in [0.717, 1.165) is 33.8 Å². The maximum Gasteiger partial charge on any atom is 0.164 e. The lowest BCUT2D eigenvalue weighted by atomic mass is 9.60. The zero-order chi connectivity index (χ0) is 33.1. The van der Waals surface area contributed by atoms with Gasteiger partial charge in [-0.15, -0.1) is 0 Å². The summed E-state index contributed by atoms with van der Waals surface area (Å²) in [4.78, 5) is 17.2. The fraction of sp³-hybridized carbons (Fsp3) is 0.0435. The summed E-state index contributed by atoms with van der Waals surface area (Å²) in [6.07, 6.45) is 6.57. The van der Waals surface area contributed by atoms with Crippen molar-refractivity contribution in [1.82, 2.24) is 15.0 Å². The van der Waals surface area contributed by atoms with E-state index < -0.39 is 0 Å². The second-order valence-electron chi connectivity index (χ2n) is 12.9. The Morgan fingerprint density at radius 3 is 1.54 bits per heavy atom. The second kappa shape index (κ2) is 11.2. The van der Waals surface area contributed by atoms with Gasteiger partial charge in [0.15, 0.2) is 17.5 Å². The third-order valence-corrected chi connectivity index (χ3v) is 10.3. The molecule has 0 fully saturated rings. The predicted octanol–water partition coefficient (Wildman–Crippen LogP) is 10.6. The van der Waals surface area contributed by atoms with Crippen molar-refractivity contribution < 1.29 is 0 Å². The van der Waals surface area contributed by atoms with E-state index in [1.54, 1.807) is 0 Å². The molecule has 4 heteroatoms. The third-order valence-electron chi connectivity index (χ3n) is 10.3. The van der Waals surface area contributed by atoms with Gasteiger partial charge in [-0.1, -0.05) is 145 Å². The summed E-state index contributed by atoms with van der Waals surface area (Å²) >= 11 is 0. The molecule has 234 valence electrons. The van der Waals surface area contributed by atoms with Crippen molar-refractivity contribution in [2.75, 3.05) is 4.90 Å². The molecular formula is C46H30N4. The summed E-state index contributed by atoms with van der Waals surface area (Å²) in [7, 11) is 0. The van der Waals surface area contributed by atoms with Crippen LogP contribution in [0.15, 0.2) is 187 Å². The molecule has 1 unspecified atom stereocenters. The molecule has 1 aliphatic heterocycles. The van der Waals surface area contributed by atoms with Crippen molar-refractivity contribution >= 4 is 11.4 Å². The number of allylic oxidation sites excluding steroid dienone is 2. The molecule has 0 N–H and O–H groups in total. The van der Waals surface area contributed by atoms with Crippen molar-refractivity contribution in [2.45, 2.75) is 5.41 Å². The fourth-order valence-corrected chi connectivity index (χ4v) is 8.20. The highest BCUT2D eigenvalue weighted by Crippen LogP contribution is 2.63. The molecule has 10 rings (SSSR count). The molecule has 2 aliphatic carbocycles. The Balaban J connectivity index is 1.13. The topological polar surface area (TPSA) is 41.9 Å². The quantitative estimate of drug-likeness (QED) is 0.180. The smallest absolute Gasteiger partial charge is 0.164 e. The van der Waals surface area contributed by atoms with Crippen LogP contribution in [0.25, 0.3) is 45.3 Å². The Kier molecular flexibility index (Phi) is 6.38. The van der Waals surface area contributed by atoms with E-state index >= 15 is 0 Å². The maximum absolute atomic E-state index is 4.97. The lowest BCUT2D eigenvalue weighted by molar-refractivity contribution is 0.490. The fourth-order valence-electron chi connectivity index (χ4n) is 8.20. The van der Waals surface area contributed by atoms with Crippen LogP contribution in [0.3, 0.4) is 0 Å². The van der Waals surface area contributed by atoms with E-state index in [-0.39, 0.29) is 11.3 Å². The molecule has 2 heterocycles. The predicted molar refractivity (Wildman–Crippen MR) is 201 cm³/mol. The normalized spacial score (nSPS) is 16.0. The molecule has 7 aromatic rings. The van der Waals surface area contributed by atoms with Gasteiger partial charge in [-0.2, -0.15) is 0 Å². The lowest BCUT2D eigenvalue weighted by Gasteiger charge is -2.49. The van der Waals surface area contributed by atoms with Gasteiger partial charge in [0.25, 0.3) is 0 Å². The first-order valence-corrected chi connectivity index (χ1v) is 17.0. The highest BCUT2D eigenvalue weighted by molar-refractivity contribution is 5.90. The molecule has 4 nitrogen and oxygen atoms in total. The molecule has 0 bridgehead atoms. The first kappa shape index (κ1) is 28.4. The molecular weight excluding hydrogens is 609 g/mol. The minimum atomic E-state index is -0.375. The number of benzene rings is 6. The first-order chi connectivity index (χ1) is 24.8. The van der Waals surface area contributed by atoms with Gasteiger partial charge in [0.2, 0.25) is 0 Å². The number of para-hydroxylation sites is 1. The average Bonchev–Trinajstić information content (AvgIpc) is 3.49. The zero-order valence-corrected chi connectivity index (χ0v) is 27.1. The van der Waals surface area contributed by atoms with E-state index in [0.29, 0.717) is 17.5 Å². The summed E-state index contributed by atoms with van der Waals surface area (Å²) in [6.45, 7) is 0. The molecule has 3 aliphatic rings. The van der Waals surface area contributed by atoms with Crippen molar-refractivity contribution in [2.24, 2.45) is 5.92 Å². The Labute approximate surface area is 291 Å². The van der Waals surface area contributed by atoms with Crippen molar-refractivity contribution in [1.29, 1.82) is 0 Å². The standard InChI is InChI=1S/C46H30N4/c1-3-15-31(16-4-1)43-47-44(32-17-5-2-6-18-32)49-45(48-43)33-27-29-34(30-28-33)50-41-25-13-11-23-39(41)46(40-24-12-14-26-42(40)50)37-21-9-7-19-35(37)36-20-8-10-22-38(36)46/h1-25,27-30,40H. The largest absolute Gasteiger partial charge is 0.306 e. The summed E-state index contributed by atoms with van der Waals surface area (Å²) in [6, 6.07) is 55.6. The van der Waals surface area contributed by atoms with Gasteiger partial charge < -0.3 is 4.90 Å². The Morgan fingerprint density at radius 1 is 0.480 bits per heavy atom. The molecule has 0 amide bonds. The van der Waals surface area contributed by atoms with Crippen LogP contribution in [0.1, 0.15) is 16.7 Å². The van der Waals surface area contributed by atoms with Gasteiger partial charge in [0.1, 0.15) is 0 Å². The molecule has 1 aromatic heterocycles. The second-order valence-corrected chi connectivity index (χ2v) is 12.9. The van der Waals surface area contributed by atoms with E-state index in [9.17, 15) is 0 Å². The summed E-state index contributed by atoms with van der Waals surface area (Å²) < 4.78 is 0. The van der Waals surface area contributed by atoms with Crippen molar-refractivity contribution in [3.8, 4) is 45.3 Å². The van der Waals surface area contributed by atoms with Crippen LogP contribution in [0.5, 0.6) is 0 Å². The van der Waals surface area contributed by atoms with Crippen LogP contribution in [-0.4, -0.2) is 15.0 Å². The van der Waals surface area contributed by atoms with Crippen LogP contribution < -0.4 is 4.90 Å². The summed E-state index contributed by atoms with van der Waals surface area (Å²) in [5.41, 5.74) is 16.1. The van der Waals surface area contributed by atoms with Crippen molar-refractivity contribution in [3.05, 3.63) is 204 Å². The maximum atomic E-state index is 4.97. The summed E-state index contributed by atoms with van der Waals surface area (Å²) in [5, 5.41) is 0. The van der Waals surface area contributed by atoms with Crippen molar-refractivity contribution in [3.63, 3.8) is 0 Å². The Hall–Kier alpha value is -6.61. The van der Waals surface area contributed by atoms with Gasteiger partial charge >= 0.3 is 0 Å². The number of hydrogen-bond acceptors (Lipinski definition) is 4. The first-order valence-electron chi connectivity index (χ1n) is 17.0. The SMILES string of the molecule is C1=CC=CC2C=1N(c1ccc(-c3nc(-c4ccccc4)nc(-c4ccccc4)n3)cc1)c1ccccc1C21c2ccccc2-c2ccccc21. The zero-order valence-electron chi connectivity index (χ0n) is 27.1. The van der Waals surface area contributed by atoms with Gasteiger partial charge in [-0.05, 0) is 64.2 Å². The molecule has 0 saturated heterocycles. The van der Waals surface area contributed by atoms with E-state index in [1.165, 1.54) is 27.8 Å². The van der Waals surface area contributed by atoms with E-state index in [1.807, 2.05) is 66.7 Å². The molecule has 1 atom stereocenters. The molecule has 50 heavy (non-hydrogen) atoms. The highest BCUT2D eigenvalue weighted by Gasteiger charge is 2.55. The molecule has 0 saturated carbocycles. The monoisotopic (exact) mass is 638 g/mol. The van der Waals surface area contributed by atoms with Crippen LogP contribution in [0.2, 0.25) is 0 Å². The van der Waals surface area contributed by atoms with Gasteiger partial charge in [-0.25, -0.2) is 15.0 Å². The van der Waals surface area contributed by atoms with Gasteiger partial charge in [0, 0.05) is 28.3 Å². The summed E-state index contributed by atoms with van der Waals surface area (Å²) in [5.74, 6) is 1.98. The number of hydrogen-bond donors (Lipinski definition) is 0. The molecule has 6 aromatic carbocycles. The number of rotatable bonds is 4. The highest BCUT2D eigenvalue weighted by atomic mass is 15.2. The molecule has 0 radical (unpaired) electrons. The Morgan fingerprint density at radius 2 is 0.960 bits per heavy atom. The molecule has 1 spiro atoms. The minimum absolute atomic E-state index is 0.0391. The third kappa shape index (κ3) is 4.16. The van der Waals surface area contributed by atoms with Crippen LogP contribution in [0, 0.1) is 5.92 Å². The Bertz CT molecular complexity index is 2420. The van der Waals surface area contributed by atoms with E-state index in [4.69, 9.17) is 15.0 Å². The number of aromatic nitrogens is 3. The van der Waals surface area contributed by atoms with Crippen LogP contribution >= 0.6 is 0 Å². The lowest BCUT2D eigenvalue weighted by Crippen LogP contribution is -2.45. The number of nitrogens with zero attached hydrogens (tertiary/aromatic N) is 4.